The fourth-order valence-electron chi connectivity index (χ4n) is 3.23. The number of hydrogen-bond donors (Lipinski definition) is 1. The predicted octanol–water partition coefficient (Wildman–Crippen LogP) is 4.31. The highest BCUT2D eigenvalue weighted by Gasteiger charge is 2.28. The van der Waals surface area contributed by atoms with Crippen molar-refractivity contribution in [2.75, 3.05) is 0 Å². The van der Waals surface area contributed by atoms with Gasteiger partial charge < -0.3 is 10.3 Å². The molecule has 0 saturated heterocycles. The van der Waals surface area contributed by atoms with Crippen LogP contribution in [-0.4, -0.2) is 15.8 Å². The average Bonchev–Trinajstić information content (AvgIpc) is 3.02. The van der Waals surface area contributed by atoms with Crippen LogP contribution in [0.15, 0.2) is 17.9 Å². The molecule has 1 aromatic rings. The second kappa shape index (κ2) is 6.92. The Kier molecular flexibility index (Phi) is 5.21. The Morgan fingerprint density at radius 3 is 2.95 bits per heavy atom. The molecule has 0 aromatic carbocycles. The van der Waals surface area contributed by atoms with Crippen molar-refractivity contribution in [3.8, 4) is 0 Å². The van der Waals surface area contributed by atoms with E-state index in [4.69, 9.17) is 5.73 Å². The molecule has 2 atom stereocenters. The lowest BCUT2D eigenvalue weighted by molar-refractivity contribution is 0.413. The summed E-state index contributed by atoms with van der Waals surface area (Å²) in [6.07, 6.45) is 10.1. The monoisotopic (exact) mass is 288 g/mol. The van der Waals surface area contributed by atoms with Crippen molar-refractivity contribution in [3.05, 3.63) is 18.6 Å². The van der Waals surface area contributed by atoms with Gasteiger partial charge in [-0.1, -0.05) is 33.3 Å². The van der Waals surface area contributed by atoms with Crippen LogP contribution in [0.25, 0.3) is 5.70 Å². The van der Waals surface area contributed by atoms with Gasteiger partial charge in [-0.05, 0) is 38.0 Å². The molecule has 1 aromatic heterocycles. The maximum Gasteiger partial charge on any atom is 0.161 e. The van der Waals surface area contributed by atoms with Gasteiger partial charge in [0.25, 0.3) is 0 Å². The summed E-state index contributed by atoms with van der Waals surface area (Å²) >= 11 is 0. The summed E-state index contributed by atoms with van der Waals surface area (Å²) in [5, 5.41) is 0. The lowest BCUT2D eigenvalue weighted by atomic mass is 9.96. The molecule has 0 amide bonds. The Bertz CT molecular complexity index is 513. The van der Waals surface area contributed by atoms with Gasteiger partial charge in [-0.2, -0.15) is 0 Å². The van der Waals surface area contributed by atoms with Crippen LogP contribution in [0, 0.1) is 11.8 Å². The standard InChI is InChI=1S/C17H28N4/c1-5-19-17-16(13(4)18)20-11-21(17)15-9-8-14(10-15)7-6-12(2)3/h5,11-12,14-15H,4,6-10,18H2,1-3H3/b19-5-. The van der Waals surface area contributed by atoms with Crippen LogP contribution in [0.5, 0.6) is 0 Å². The number of nitrogens with zero attached hydrogens (tertiary/aromatic N) is 3. The molecule has 1 aliphatic rings. The summed E-state index contributed by atoms with van der Waals surface area (Å²) in [5.74, 6) is 2.49. The van der Waals surface area contributed by atoms with E-state index in [1.807, 2.05) is 13.3 Å². The first-order valence-electron chi connectivity index (χ1n) is 8.03. The maximum absolute atomic E-state index is 5.82. The van der Waals surface area contributed by atoms with Crippen LogP contribution in [0.2, 0.25) is 0 Å². The van der Waals surface area contributed by atoms with Gasteiger partial charge in [0.15, 0.2) is 5.82 Å². The van der Waals surface area contributed by atoms with E-state index in [2.05, 4.69) is 35.0 Å². The Balaban J connectivity index is 2.11. The van der Waals surface area contributed by atoms with Crippen molar-refractivity contribution < 1.29 is 0 Å². The molecule has 1 heterocycles. The topological polar surface area (TPSA) is 56.2 Å². The summed E-state index contributed by atoms with van der Waals surface area (Å²) in [4.78, 5) is 8.87. The normalized spacial score (nSPS) is 22.5. The Hall–Kier alpha value is -1.58. The molecule has 2 rings (SSSR count). The summed E-state index contributed by atoms with van der Waals surface area (Å²) in [6, 6.07) is 0.501. The lowest BCUT2D eigenvalue weighted by Gasteiger charge is -2.15. The molecule has 2 unspecified atom stereocenters. The Morgan fingerprint density at radius 1 is 1.57 bits per heavy atom. The van der Waals surface area contributed by atoms with Gasteiger partial charge in [-0.15, -0.1) is 0 Å². The Morgan fingerprint density at radius 2 is 2.33 bits per heavy atom. The van der Waals surface area contributed by atoms with Gasteiger partial charge in [0.2, 0.25) is 0 Å². The fourth-order valence-corrected chi connectivity index (χ4v) is 3.23. The zero-order valence-corrected chi connectivity index (χ0v) is 13.5. The molecule has 1 saturated carbocycles. The summed E-state index contributed by atoms with van der Waals surface area (Å²) in [6.45, 7) is 10.3. The highest BCUT2D eigenvalue weighted by atomic mass is 15.2. The zero-order valence-electron chi connectivity index (χ0n) is 13.5. The first-order chi connectivity index (χ1) is 10.0. The van der Waals surface area contributed by atoms with Crippen molar-refractivity contribution in [2.24, 2.45) is 22.6 Å². The molecule has 4 nitrogen and oxygen atoms in total. The molecule has 0 bridgehead atoms. The molecule has 0 aliphatic heterocycles. The van der Waals surface area contributed by atoms with Gasteiger partial charge in [-0.3, -0.25) is 0 Å². The van der Waals surface area contributed by atoms with E-state index in [1.54, 1.807) is 6.21 Å². The van der Waals surface area contributed by atoms with E-state index >= 15 is 0 Å². The summed E-state index contributed by atoms with van der Waals surface area (Å²) < 4.78 is 2.20. The van der Waals surface area contributed by atoms with E-state index in [-0.39, 0.29) is 0 Å². The molecule has 116 valence electrons. The number of aliphatic imine (C=N–C) groups is 1. The quantitative estimate of drug-likeness (QED) is 0.793. The molecule has 1 fully saturated rings. The van der Waals surface area contributed by atoms with Crippen molar-refractivity contribution in [1.29, 1.82) is 0 Å². The molecule has 4 heteroatoms. The molecular formula is C17H28N4. The molecule has 0 radical (unpaired) electrons. The third kappa shape index (κ3) is 3.74. The van der Waals surface area contributed by atoms with Crippen LogP contribution in [-0.2, 0) is 0 Å². The minimum atomic E-state index is 0.490. The smallest absolute Gasteiger partial charge is 0.161 e. The second-order valence-corrected chi connectivity index (χ2v) is 6.54. The van der Waals surface area contributed by atoms with E-state index in [0.717, 1.165) is 23.3 Å². The third-order valence-electron chi connectivity index (χ3n) is 4.38. The van der Waals surface area contributed by atoms with E-state index in [0.29, 0.717) is 11.7 Å². The lowest BCUT2D eigenvalue weighted by Crippen LogP contribution is -2.05. The molecule has 1 aliphatic carbocycles. The van der Waals surface area contributed by atoms with Crippen LogP contribution in [0.3, 0.4) is 0 Å². The van der Waals surface area contributed by atoms with Crippen LogP contribution in [0.1, 0.15) is 64.6 Å². The predicted molar refractivity (Wildman–Crippen MR) is 89.7 cm³/mol. The number of nitrogens with two attached hydrogens (primary N) is 1. The van der Waals surface area contributed by atoms with Gasteiger partial charge in [-0.25, -0.2) is 9.98 Å². The first kappa shape index (κ1) is 15.8. The zero-order chi connectivity index (χ0) is 15.4. The fraction of sp³-hybridized carbons (Fsp3) is 0.647. The average molecular weight is 288 g/mol. The summed E-state index contributed by atoms with van der Waals surface area (Å²) in [7, 11) is 0. The van der Waals surface area contributed by atoms with Gasteiger partial charge in [0, 0.05) is 12.3 Å². The number of imidazole rings is 1. The first-order valence-corrected chi connectivity index (χ1v) is 8.03. The van der Waals surface area contributed by atoms with E-state index in [9.17, 15) is 0 Å². The van der Waals surface area contributed by atoms with Gasteiger partial charge in [0.1, 0.15) is 5.69 Å². The maximum atomic E-state index is 5.82. The van der Waals surface area contributed by atoms with Gasteiger partial charge in [0.05, 0.1) is 12.0 Å². The number of rotatable bonds is 6. The molecule has 2 N–H and O–H groups in total. The molecule has 0 spiro atoms. The molecular weight excluding hydrogens is 260 g/mol. The summed E-state index contributed by atoms with van der Waals surface area (Å²) in [5.41, 5.74) is 7.03. The van der Waals surface area contributed by atoms with Crippen LogP contribution < -0.4 is 5.73 Å². The van der Waals surface area contributed by atoms with E-state index in [1.165, 1.54) is 32.1 Å². The SMILES string of the molecule is C=C(N)c1ncn(C2CCC(CCC(C)C)C2)c1/N=C\C. The Labute approximate surface area is 128 Å². The largest absolute Gasteiger partial charge is 0.397 e. The number of aromatic nitrogens is 2. The highest BCUT2D eigenvalue weighted by molar-refractivity contribution is 5.70. The van der Waals surface area contributed by atoms with Crippen molar-refractivity contribution in [2.45, 2.75) is 58.9 Å². The van der Waals surface area contributed by atoms with Crippen molar-refractivity contribution in [1.82, 2.24) is 9.55 Å². The van der Waals surface area contributed by atoms with Crippen molar-refractivity contribution in [3.63, 3.8) is 0 Å². The highest BCUT2D eigenvalue weighted by Crippen LogP contribution is 2.40. The molecule has 21 heavy (non-hydrogen) atoms. The van der Waals surface area contributed by atoms with Crippen LogP contribution in [0.4, 0.5) is 5.82 Å². The van der Waals surface area contributed by atoms with E-state index < -0.39 is 0 Å². The number of hydrogen-bond acceptors (Lipinski definition) is 3. The minimum absolute atomic E-state index is 0.490. The third-order valence-corrected chi connectivity index (χ3v) is 4.38. The van der Waals surface area contributed by atoms with Crippen LogP contribution >= 0.6 is 0 Å². The van der Waals surface area contributed by atoms with Gasteiger partial charge >= 0.3 is 0 Å². The second-order valence-electron chi connectivity index (χ2n) is 6.54. The minimum Gasteiger partial charge on any atom is -0.397 e. The van der Waals surface area contributed by atoms with Crippen molar-refractivity contribution >= 4 is 17.7 Å².